The molecule has 4 heteroatoms. The van der Waals surface area contributed by atoms with Crippen molar-refractivity contribution in [1.82, 2.24) is 10.2 Å². The molecule has 1 aromatic carbocycles. The van der Waals surface area contributed by atoms with Gasteiger partial charge in [-0.05, 0) is 56.2 Å². The summed E-state index contributed by atoms with van der Waals surface area (Å²) in [7, 11) is 0. The molecule has 0 spiro atoms. The lowest BCUT2D eigenvalue weighted by atomic mass is 10.00. The van der Waals surface area contributed by atoms with Crippen molar-refractivity contribution in [3.8, 4) is 0 Å². The van der Waals surface area contributed by atoms with Gasteiger partial charge in [0.15, 0.2) is 0 Å². The first-order valence-corrected chi connectivity index (χ1v) is 9.19. The monoisotopic (exact) mass is 334 g/mol. The van der Waals surface area contributed by atoms with Crippen LogP contribution in [-0.4, -0.2) is 36.5 Å². The molecule has 1 heterocycles. The third-order valence-electron chi connectivity index (χ3n) is 5.09. The minimum atomic E-state index is 0.0950. The van der Waals surface area contributed by atoms with Crippen LogP contribution in [0, 0.1) is 11.8 Å². The quantitative estimate of drug-likeness (QED) is 0.890. The molecule has 3 rings (SSSR count). The molecule has 1 aliphatic heterocycles. The second-order valence-corrected chi connectivity index (χ2v) is 7.79. The van der Waals surface area contributed by atoms with E-state index in [1.165, 1.54) is 12.8 Å². The summed E-state index contributed by atoms with van der Waals surface area (Å²) in [6.45, 7) is 7.71. The van der Waals surface area contributed by atoms with Gasteiger partial charge in [-0.2, -0.15) is 0 Å². The van der Waals surface area contributed by atoms with Gasteiger partial charge in [-0.1, -0.05) is 36.7 Å². The molecule has 23 heavy (non-hydrogen) atoms. The van der Waals surface area contributed by atoms with E-state index in [2.05, 4.69) is 24.1 Å². The van der Waals surface area contributed by atoms with Crippen molar-refractivity contribution in [3.05, 3.63) is 34.9 Å². The van der Waals surface area contributed by atoms with E-state index in [0.29, 0.717) is 5.92 Å². The van der Waals surface area contributed by atoms with Crippen molar-refractivity contribution >= 4 is 17.5 Å². The number of hydrogen-bond acceptors (Lipinski definition) is 2. The molecule has 126 valence electrons. The second-order valence-electron chi connectivity index (χ2n) is 7.39. The molecular weight excluding hydrogens is 308 g/mol. The zero-order valence-electron chi connectivity index (χ0n) is 14.1. The lowest BCUT2D eigenvalue weighted by Gasteiger charge is -2.32. The van der Waals surface area contributed by atoms with Crippen LogP contribution < -0.4 is 5.32 Å². The molecule has 0 bridgehead atoms. The summed E-state index contributed by atoms with van der Waals surface area (Å²) in [5, 5.41) is 3.98. The van der Waals surface area contributed by atoms with Gasteiger partial charge in [0.1, 0.15) is 0 Å². The third-order valence-corrected chi connectivity index (χ3v) is 5.44. The van der Waals surface area contributed by atoms with Crippen molar-refractivity contribution in [2.24, 2.45) is 11.8 Å². The predicted octanol–water partition coefficient (Wildman–Crippen LogP) is 3.68. The van der Waals surface area contributed by atoms with Crippen LogP contribution in [0.3, 0.4) is 0 Å². The Morgan fingerprint density at radius 1 is 1.43 bits per heavy atom. The lowest BCUT2D eigenvalue weighted by Crippen LogP contribution is -2.45. The summed E-state index contributed by atoms with van der Waals surface area (Å²) in [5.41, 5.74) is 1.12. The Bertz CT molecular complexity index is 562. The van der Waals surface area contributed by atoms with Crippen molar-refractivity contribution in [2.75, 3.05) is 19.6 Å². The highest BCUT2D eigenvalue weighted by molar-refractivity contribution is 6.31. The Kier molecular flexibility index (Phi) is 5.27. The first kappa shape index (κ1) is 16.8. The Hall–Kier alpha value is -1.06. The molecular formula is C19H27ClN2O. The van der Waals surface area contributed by atoms with Gasteiger partial charge in [0.05, 0.1) is 0 Å². The summed E-state index contributed by atoms with van der Waals surface area (Å²) >= 11 is 6.24. The normalized spacial score (nSPS) is 29.1. The minimum absolute atomic E-state index is 0.0950. The zero-order valence-corrected chi connectivity index (χ0v) is 14.9. The van der Waals surface area contributed by atoms with Crippen LogP contribution in [0.5, 0.6) is 0 Å². The summed E-state index contributed by atoms with van der Waals surface area (Å²) in [5.74, 6) is 1.36. The highest BCUT2D eigenvalue weighted by Gasteiger charge is 2.45. The van der Waals surface area contributed by atoms with E-state index in [1.54, 1.807) is 0 Å². The molecule has 4 atom stereocenters. The van der Waals surface area contributed by atoms with Gasteiger partial charge in [0.25, 0.3) is 0 Å². The van der Waals surface area contributed by atoms with Gasteiger partial charge in [0.2, 0.25) is 5.91 Å². The van der Waals surface area contributed by atoms with Crippen molar-refractivity contribution < 1.29 is 4.79 Å². The van der Waals surface area contributed by atoms with Crippen molar-refractivity contribution in [2.45, 2.75) is 45.1 Å². The van der Waals surface area contributed by atoms with Crippen LogP contribution in [0.1, 0.15) is 44.6 Å². The molecule has 2 fully saturated rings. The lowest BCUT2D eigenvalue weighted by molar-refractivity contribution is -0.123. The highest BCUT2D eigenvalue weighted by Crippen LogP contribution is 2.49. The maximum Gasteiger partial charge on any atom is 0.224 e. The molecule has 1 saturated carbocycles. The maximum absolute atomic E-state index is 12.4. The molecule has 1 N–H and O–H groups in total. The van der Waals surface area contributed by atoms with E-state index < -0.39 is 0 Å². The highest BCUT2D eigenvalue weighted by atomic mass is 35.5. The standard InChI is InChI=1S/C19H27ClN2O/c1-13-6-5-9-22(11-13)12-14(2)21-19(23)17-10-16(17)15-7-3-4-8-18(15)20/h3-4,7-8,13-14,16-17H,5-6,9-12H2,1-2H3,(H,21,23). The zero-order chi connectivity index (χ0) is 16.4. The van der Waals surface area contributed by atoms with Gasteiger partial charge < -0.3 is 10.2 Å². The van der Waals surface area contributed by atoms with Crippen LogP contribution >= 0.6 is 11.6 Å². The smallest absolute Gasteiger partial charge is 0.224 e. The number of rotatable bonds is 5. The molecule has 4 unspecified atom stereocenters. The summed E-state index contributed by atoms with van der Waals surface area (Å²) in [4.78, 5) is 14.9. The van der Waals surface area contributed by atoms with E-state index in [-0.39, 0.29) is 17.9 Å². The number of halogens is 1. The average Bonchev–Trinajstić information content (AvgIpc) is 3.28. The van der Waals surface area contributed by atoms with E-state index in [4.69, 9.17) is 11.6 Å². The number of piperidine rings is 1. The van der Waals surface area contributed by atoms with Crippen molar-refractivity contribution in [3.63, 3.8) is 0 Å². The molecule has 3 nitrogen and oxygen atoms in total. The number of hydrogen-bond donors (Lipinski definition) is 1. The van der Waals surface area contributed by atoms with Crippen LogP contribution in [0.25, 0.3) is 0 Å². The second kappa shape index (κ2) is 7.23. The van der Waals surface area contributed by atoms with Crippen molar-refractivity contribution in [1.29, 1.82) is 0 Å². The molecule has 0 radical (unpaired) electrons. The fourth-order valence-corrected chi connectivity index (χ4v) is 4.12. The van der Waals surface area contributed by atoms with Crippen LogP contribution in [0.4, 0.5) is 0 Å². The topological polar surface area (TPSA) is 32.3 Å². The van der Waals surface area contributed by atoms with Gasteiger partial charge in [-0.3, -0.25) is 4.79 Å². The number of nitrogens with one attached hydrogen (secondary N) is 1. The average molecular weight is 335 g/mol. The fraction of sp³-hybridized carbons (Fsp3) is 0.632. The number of carbonyl (C=O) groups is 1. The van der Waals surface area contributed by atoms with E-state index in [0.717, 1.165) is 42.6 Å². The first-order valence-electron chi connectivity index (χ1n) is 8.81. The van der Waals surface area contributed by atoms with Gasteiger partial charge in [0, 0.05) is 30.1 Å². The number of nitrogens with zero attached hydrogens (tertiary/aromatic N) is 1. The van der Waals surface area contributed by atoms with E-state index in [9.17, 15) is 4.79 Å². The number of carbonyl (C=O) groups excluding carboxylic acids is 1. The summed E-state index contributed by atoms with van der Waals surface area (Å²) in [6, 6.07) is 8.09. The fourth-order valence-electron chi connectivity index (χ4n) is 3.84. The molecule has 1 aromatic rings. The van der Waals surface area contributed by atoms with Crippen LogP contribution in [0.15, 0.2) is 24.3 Å². The number of likely N-dealkylation sites (tertiary alicyclic amines) is 1. The molecule has 2 aliphatic rings. The summed E-state index contributed by atoms with van der Waals surface area (Å²) in [6.07, 6.45) is 3.53. The largest absolute Gasteiger partial charge is 0.352 e. The van der Waals surface area contributed by atoms with E-state index >= 15 is 0 Å². The molecule has 1 amide bonds. The SMILES string of the molecule is CC1CCCN(CC(C)NC(=O)C2CC2c2ccccc2Cl)C1. The van der Waals surface area contributed by atoms with Crippen LogP contribution in [-0.2, 0) is 4.79 Å². The maximum atomic E-state index is 12.4. The Morgan fingerprint density at radius 2 is 2.22 bits per heavy atom. The Balaban J connectivity index is 1.47. The molecule has 1 saturated heterocycles. The number of benzene rings is 1. The first-order chi connectivity index (χ1) is 11.0. The van der Waals surface area contributed by atoms with E-state index in [1.807, 2.05) is 24.3 Å². The van der Waals surface area contributed by atoms with Crippen LogP contribution in [0.2, 0.25) is 5.02 Å². The molecule has 0 aromatic heterocycles. The minimum Gasteiger partial charge on any atom is -0.352 e. The third kappa shape index (κ3) is 4.27. The number of amides is 1. The Morgan fingerprint density at radius 3 is 2.96 bits per heavy atom. The molecule has 1 aliphatic carbocycles. The van der Waals surface area contributed by atoms with Gasteiger partial charge in [-0.15, -0.1) is 0 Å². The summed E-state index contributed by atoms with van der Waals surface area (Å²) < 4.78 is 0. The Labute approximate surface area is 144 Å². The van der Waals surface area contributed by atoms with Gasteiger partial charge >= 0.3 is 0 Å². The van der Waals surface area contributed by atoms with Gasteiger partial charge in [-0.25, -0.2) is 0 Å². The predicted molar refractivity (Wildman–Crippen MR) is 94.7 cm³/mol.